The molecule has 2 heterocycles. The van der Waals surface area contributed by atoms with Gasteiger partial charge in [0.2, 0.25) is 5.91 Å². The molecule has 1 fully saturated rings. The molecule has 0 spiro atoms. The molecule has 1 aliphatic rings. The molecule has 1 saturated heterocycles. The monoisotopic (exact) mass is 264 g/mol. The summed E-state index contributed by atoms with van der Waals surface area (Å²) in [7, 11) is 0. The Balaban J connectivity index is 2.22. The Labute approximate surface area is 96.6 Å². The number of amides is 1. The number of pyridine rings is 1. The van der Waals surface area contributed by atoms with E-state index in [1.807, 2.05) is 12.1 Å². The fraction of sp³-hybridized carbons (Fsp3) is 0.273. The Kier molecular flexibility index (Phi) is 2.74. The molecule has 0 bridgehead atoms. The first-order valence-electron chi connectivity index (χ1n) is 4.59. The fourth-order valence-corrected chi connectivity index (χ4v) is 1.83. The first-order chi connectivity index (χ1) is 7.20. The maximum atomic E-state index is 11.6. The van der Waals surface area contributed by atoms with Crippen molar-refractivity contribution in [1.29, 1.82) is 0 Å². The van der Waals surface area contributed by atoms with E-state index < -0.39 is 0 Å². The summed E-state index contributed by atoms with van der Waals surface area (Å²) in [5, 5.41) is 0. The number of hydrogen-bond donors (Lipinski definition) is 0. The van der Waals surface area contributed by atoms with Crippen LogP contribution in [0.4, 0.5) is 5.69 Å². The summed E-state index contributed by atoms with van der Waals surface area (Å²) in [5.74, 6) is 2.71. The molecular formula is C11H9BrN2O. The molecule has 15 heavy (non-hydrogen) atoms. The summed E-state index contributed by atoms with van der Waals surface area (Å²) in [6, 6.07) is 3.67. The highest BCUT2D eigenvalue weighted by atomic mass is 79.9. The van der Waals surface area contributed by atoms with E-state index in [2.05, 4.69) is 26.8 Å². The van der Waals surface area contributed by atoms with Crippen molar-refractivity contribution in [2.24, 2.45) is 5.92 Å². The van der Waals surface area contributed by atoms with E-state index in [0.29, 0.717) is 13.0 Å². The molecule has 1 aromatic heterocycles. The number of hydrogen-bond acceptors (Lipinski definition) is 2. The van der Waals surface area contributed by atoms with Crippen LogP contribution >= 0.6 is 15.9 Å². The van der Waals surface area contributed by atoms with Gasteiger partial charge in [0.05, 0.1) is 11.9 Å². The maximum absolute atomic E-state index is 11.6. The molecule has 4 heteroatoms. The first kappa shape index (κ1) is 10.2. The summed E-state index contributed by atoms with van der Waals surface area (Å²) in [6.07, 6.45) is 7.41. The van der Waals surface area contributed by atoms with Gasteiger partial charge in [0, 0.05) is 18.9 Å². The largest absolute Gasteiger partial charge is 0.310 e. The number of halogens is 1. The second kappa shape index (κ2) is 4.03. The van der Waals surface area contributed by atoms with Gasteiger partial charge in [-0.25, -0.2) is 4.98 Å². The smallest absolute Gasteiger partial charge is 0.228 e. The van der Waals surface area contributed by atoms with Gasteiger partial charge in [-0.1, -0.05) is 0 Å². The first-order valence-corrected chi connectivity index (χ1v) is 5.38. The van der Waals surface area contributed by atoms with Crippen molar-refractivity contribution in [2.75, 3.05) is 11.4 Å². The molecule has 0 N–H and O–H groups in total. The Morgan fingerprint density at radius 2 is 2.40 bits per heavy atom. The number of aromatic nitrogens is 1. The van der Waals surface area contributed by atoms with Crippen LogP contribution in [0.15, 0.2) is 22.9 Å². The third kappa shape index (κ3) is 2.02. The van der Waals surface area contributed by atoms with Gasteiger partial charge < -0.3 is 4.90 Å². The SMILES string of the molecule is C#CC1CC(=O)N(c2ccc(Br)nc2)C1. The minimum atomic E-state index is 0.0288. The van der Waals surface area contributed by atoms with Crippen molar-refractivity contribution in [3.05, 3.63) is 22.9 Å². The molecule has 1 unspecified atom stereocenters. The van der Waals surface area contributed by atoms with E-state index in [1.165, 1.54) is 0 Å². The molecule has 0 aromatic carbocycles. The van der Waals surface area contributed by atoms with Gasteiger partial charge in [0.25, 0.3) is 0 Å². The van der Waals surface area contributed by atoms with Crippen LogP contribution in [-0.2, 0) is 4.79 Å². The van der Waals surface area contributed by atoms with Crippen molar-refractivity contribution in [2.45, 2.75) is 6.42 Å². The molecule has 1 amide bonds. The van der Waals surface area contributed by atoms with Crippen LogP contribution in [0.3, 0.4) is 0 Å². The van der Waals surface area contributed by atoms with E-state index in [0.717, 1.165) is 10.3 Å². The minimum Gasteiger partial charge on any atom is -0.310 e. The summed E-state index contributed by atoms with van der Waals surface area (Å²) >= 11 is 3.25. The normalized spacial score (nSPS) is 20.4. The topological polar surface area (TPSA) is 33.2 Å². The van der Waals surface area contributed by atoms with Crippen molar-refractivity contribution < 1.29 is 4.79 Å². The van der Waals surface area contributed by atoms with Crippen LogP contribution in [0, 0.1) is 18.3 Å². The quantitative estimate of drug-likeness (QED) is 0.573. The van der Waals surface area contributed by atoms with Crippen LogP contribution in [0.2, 0.25) is 0 Å². The van der Waals surface area contributed by atoms with Crippen molar-refractivity contribution >= 4 is 27.5 Å². The van der Waals surface area contributed by atoms with Crippen molar-refractivity contribution in [3.63, 3.8) is 0 Å². The standard InChI is InChI=1S/C11H9BrN2O/c1-2-8-5-11(15)14(7-8)9-3-4-10(12)13-6-9/h1,3-4,6,8H,5,7H2. The predicted molar refractivity (Wildman–Crippen MR) is 61.2 cm³/mol. The zero-order chi connectivity index (χ0) is 10.8. The third-order valence-corrected chi connectivity index (χ3v) is 2.85. The van der Waals surface area contributed by atoms with E-state index in [4.69, 9.17) is 6.42 Å². The average Bonchev–Trinajstić information content (AvgIpc) is 2.61. The lowest BCUT2D eigenvalue weighted by Gasteiger charge is -2.15. The molecular weight excluding hydrogens is 256 g/mol. The van der Waals surface area contributed by atoms with Crippen LogP contribution in [0.5, 0.6) is 0 Å². The summed E-state index contributed by atoms with van der Waals surface area (Å²) in [6.45, 7) is 0.596. The van der Waals surface area contributed by atoms with E-state index in [1.54, 1.807) is 11.1 Å². The second-order valence-corrected chi connectivity index (χ2v) is 4.22. The molecule has 0 saturated carbocycles. The zero-order valence-corrected chi connectivity index (χ0v) is 9.57. The lowest BCUT2D eigenvalue weighted by atomic mass is 10.1. The molecule has 1 aromatic rings. The second-order valence-electron chi connectivity index (χ2n) is 3.41. The van der Waals surface area contributed by atoms with Crippen LogP contribution in [0.25, 0.3) is 0 Å². The Bertz CT molecular complexity index is 421. The molecule has 76 valence electrons. The molecule has 0 radical (unpaired) electrons. The number of anilines is 1. The molecule has 2 rings (SSSR count). The Hall–Kier alpha value is -1.34. The minimum absolute atomic E-state index is 0.0288. The molecule has 0 aliphatic carbocycles. The van der Waals surface area contributed by atoms with E-state index in [-0.39, 0.29) is 11.8 Å². The Morgan fingerprint density at radius 3 is 2.93 bits per heavy atom. The van der Waals surface area contributed by atoms with Gasteiger partial charge in [-0.05, 0) is 28.1 Å². The van der Waals surface area contributed by atoms with Gasteiger partial charge in [0.1, 0.15) is 4.60 Å². The lowest BCUT2D eigenvalue weighted by molar-refractivity contribution is -0.117. The van der Waals surface area contributed by atoms with E-state index >= 15 is 0 Å². The Morgan fingerprint density at radius 1 is 1.60 bits per heavy atom. The van der Waals surface area contributed by atoms with Gasteiger partial charge in [-0.15, -0.1) is 12.3 Å². The van der Waals surface area contributed by atoms with Crippen molar-refractivity contribution in [3.8, 4) is 12.3 Å². The molecule has 1 atom stereocenters. The third-order valence-electron chi connectivity index (χ3n) is 2.38. The predicted octanol–water partition coefficient (Wildman–Crippen LogP) is 1.83. The summed E-state index contributed by atoms with van der Waals surface area (Å²) < 4.78 is 0.756. The van der Waals surface area contributed by atoms with Gasteiger partial charge in [0.15, 0.2) is 0 Å². The molecule has 1 aliphatic heterocycles. The van der Waals surface area contributed by atoms with Gasteiger partial charge >= 0.3 is 0 Å². The summed E-state index contributed by atoms with van der Waals surface area (Å²) in [5.41, 5.74) is 0.806. The number of rotatable bonds is 1. The van der Waals surface area contributed by atoms with E-state index in [9.17, 15) is 4.79 Å². The molecule has 3 nitrogen and oxygen atoms in total. The highest BCUT2D eigenvalue weighted by molar-refractivity contribution is 9.10. The number of nitrogens with zero attached hydrogens (tertiary/aromatic N) is 2. The number of carbonyl (C=O) groups is 1. The fourth-order valence-electron chi connectivity index (χ4n) is 1.60. The highest BCUT2D eigenvalue weighted by Gasteiger charge is 2.29. The van der Waals surface area contributed by atoms with Crippen LogP contribution in [0.1, 0.15) is 6.42 Å². The number of carbonyl (C=O) groups excluding carboxylic acids is 1. The highest BCUT2D eigenvalue weighted by Crippen LogP contribution is 2.24. The van der Waals surface area contributed by atoms with Crippen LogP contribution in [-0.4, -0.2) is 17.4 Å². The van der Waals surface area contributed by atoms with Gasteiger partial charge in [-0.3, -0.25) is 4.79 Å². The number of terminal acetylenes is 1. The summed E-state index contributed by atoms with van der Waals surface area (Å²) in [4.78, 5) is 17.4. The lowest BCUT2D eigenvalue weighted by Crippen LogP contribution is -2.24. The van der Waals surface area contributed by atoms with Crippen LogP contribution < -0.4 is 4.90 Å². The maximum Gasteiger partial charge on any atom is 0.228 e. The average molecular weight is 265 g/mol. The van der Waals surface area contributed by atoms with Gasteiger partial charge in [-0.2, -0.15) is 0 Å². The zero-order valence-electron chi connectivity index (χ0n) is 7.98. The van der Waals surface area contributed by atoms with Crippen molar-refractivity contribution in [1.82, 2.24) is 4.98 Å².